The second kappa shape index (κ2) is 10.2. The highest BCUT2D eigenvalue weighted by molar-refractivity contribution is 5.72. The van der Waals surface area contributed by atoms with E-state index in [2.05, 4.69) is 6.08 Å². The average Bonchev–Trinajstić information content (AvgIpc) is 2.73. The first-order valence-electron chi connectivity index (χ1n) is 10.3. The molecule has 0 spiro atoms. The van der Waals surface area contributed by atoms with Crippen molar-refractivity contribution in [1.82, 2.24) is 0 Å². The van der Waals surface area contributed by atoms with E-state index in [4.69, 9.17) is 10.00 Å². The van der Waals surface area contributed by atoms with Gasteiger partial charge in [-0.1, -0.05) is 30.4 Å². The Balaban J connectivity index is 1.39. The van der Waals surface area contributed by atoms with Crippen molar-refractivity contribution >= 4 is 5.97 Å². The van der Waals surface area contributed by atoms with Gasteiger partial charge in [-0.25, -0.2) is 4.39 Å². The summed E-state index contributed by atoms with van der Waals surface area (Å²) in [6, 6.07) is 8.75. The third-order valence-electron chi connectivity index (χ3n) is 6.07. The van der Waals surface area contributed by atoms with Crippen LogP contribution in [0.15, 0.2) is 48.6 Å². The van der Waals surface area contributed by atoms with E-state index in [-0.39, 0.29) is 23.8 Å². The lowest BCUT2D eigenvalue weighted by molar-refractivity contribution is -0.157. The molecule has 1 aromatic rings. The first-order valence-corrected chi connectivity index (χ1v) is 10.3. The second-order valence-electron chi connectivity index (χ2n) is 7.95. The molecule has 0 aromatic heterocycles. The number of nitrogens with zero attached hydrogens (tertiary/aromatic N) is 1. The van der Waals surface area contributed by atoms with E-state index >= 15 is 0 Å². The smallest absolute Gasteiger partial charge is 0.309 e. The Labute approximate surface area is 166 Å². The molecule has 2 aliphatic rings. The summed E-state index contributed by atoms with van der Waals surface area (Å²) in [5, 5.41) is 8.48. The molecule has 0 heterocycles. The molecule has 0 bridgehead atoms. The fraction of sp³-hybridized carbons (Fsp3) is 0.500. The van der Waals surface area contributed by atoms with E-state index in [1.165, 1.54) is 23.8 Å². The van der Waals surface area contributed by atoms with Crippen LogP contribution in [-0.2, 0) is 9.53 Å². The van der Waals surface area contributed by atoms with Gasteiger partial charge in [-0.05, 0) is 80.9 Å². The number of allylic oxidation sites excluding steroid dienone is 4. The Morgan fingerprint density at radius 1 is 1.00 bits per heavy atom. The average molecular weight is 381 g/mol. The van der Waals surface area contributed by atoms with Gasteiger partial charge in [0, 0.05) is 6.08 Å². The van der Waals surface area contributed by atoms with Crippen molar-refractivity contribution in [2.75, 3.05) is 0 Å². The topological polar surface area (TPSA) is 50.1 Å². The van der Waals surface area contributed by atoms with Crippen LogP contribution >= 0.6 is 0 Å². The fourth-order valence-electron chi connectivity index (χ4n) is 4.38. The normalized spacial score (nSPS) is 28.3. The summed E-state index contributed by atoms with van der Waals surface area (Å²) in [6.45, 7) is 0. The number of rotatable bonds is 5. The van der Waals surface area contributed by atoms with Gasteiger partial charge in [-0.3, -0.25) is 4.79 Å². The molecule has 0 atom stereocenters. The predicted molar refractivity (Wildman–Crippen MR) is 107 cm³/mol. The first kappa shape index (κ1) is 20.3. The second-order valence-corrected chi connectivity index (χ2v) is 7.95. The molecule has 2 fully saturated rings. The molecule has 0 unspecified atom stereocenters. The summed E-state index contributed by atoms with van der Waals surface area (Å²) >= 11 is 0. The maximum absolute atomic E-state index is 13.1. The van der Waals surface area contributed by atoms with Crippen molar-refractivity contribution in [2.24, 2.45) is 11.8 Å². The highest BCUT2D eigenvalue weighted by Gasteiger charge is 2.30. The highest BCUT2D eigenvalue weighted by Crippen LogP contribution is 2.36. The summed E-state index contributed by atoms with van der Waals surface area (Å²) in [5.74, 6) is 0.716. The van der Waals surface area contributed by atoms with Crippen LogP contribution in [0, 0.1) is 29.0 Å². The van der Waals surface area contributed by atoms with Gasteiger partial charge in [0.15, 0.2) is 0 Å². The van der Waals surface area contributed by atoms with Gasteiger partial charge < -0.3 is 4.74 Å². The minimum absolute atomic E-state index is 0.0223. The molecule has 2 aliphatic carbocycles. The Morgan fingerprint density at radius 2 is 1.68 bits per heavy atom. The first-order chi connectivity index (χ1) is 13.7. The molecule has 3 rings (SSSR count). The van der Waals surface area contributed by atoms with Crippen molar-refractivity contribution in [3.05, 3.63) is 60.0 Å². The number of nitriles is 1. The molecule has 0 aliphatic heterocycles. The summed E-state index contributed by atoms with van der Waals surface area (Å²) in [4.78, 5) is 12.5. The standard InChI is InChI=1S/C24H28FNO2/c25-22-13-9-19(10-14-22)20-11-15-23(16-12-20)28-24(27)21-7-5-18(6-8-21)4-2-1-3-17-26/h1-4,9-10,13-14,18,20-21,23H,5-8,11-12,15-16H2. The van der Waals surface area contributed by atoms with Crippen LogP contribution < -0.4 is 0 Å². The number of carbonyl (C=O) groups is 1. The summed E-state index contributed by atoms with van der Waals surface area (Å²) in [6.07, 6.45) is 14.8. The molecule has 0 amide bonds. The van der Waals surface area contributed by atoms with E-state index in [1.54, 1.807) is 6.08 Å². The Kier molecular flexibility index (Phi) is 7.42. The molecule has 2 saturated carbocycles. The Morgan fingerprint density at radius 3 is 2.32 bits per heavy atom. The van der Waals surface area contributed by atoms with Crippen LogP contribution in [0.25, 0.3) is 0 Å². The van der Waals surface area contributed by atoms with Gasteiger partial charge in [-0.15, -0.1) is 0 Å². The molecule has 3 nitrogen and oxygen atoms in total. The number of carbonyl (C=O) groups excluding carboxylic acids is 1. The minimum Gasteiger partial charge on any atom is -0.462 e. The summed E-state index contributed by atoms with van der Waals surface area (Å²) < 4.78 is 18.9. The molecule has 0 N–H and O–H groups in total. The lowest BCUT2D eigenvalue weighted by atomic mass is 9.81. The van der Waals surface area contributed by atoms with Gasteiger partial charge in [-0.2, -0.15) is 5.26 Å². The number of ether oxygens (including phenoxy) is 1. The minimum atomic E-state index is -0.199. The molecule has 0 saturated heterocycles. The van der Waals surface area contributed by atoms with E-state index < -0.39 is 0 Å². The quantitative estimate of drug-likeness (QED) is 0.366. The molecule has 4 heteroatoms. The van der Waals surface area contributed by atoms with Crippen LogP contribution in [0.4, 0.5) is 4.39 Å². The Hall–Kier alpha value is -2.41. The third kappa shape index (κ3) is 5.79. The van der Waals surface area contributed by atoms with Crippen molar-refractivity contribution in [3.63, 3.8) is 0 Å². The zero-order valence-corrected chi connectivity index (χ0v) is 16.2. The van der Waals surface area contributed by atoms with Crippen molar-refractivity contribution in [2.45, 2.75) is 63.4 Å². The molecule has 148 valence electrons. The van der Waals surface area contributed by atoms with Gasteiger partial charge in [0.25, 0.3) is 0 Å². The lowest BCUT2D eigenvalue weighted by Crippen LogP contribution is -2.29. The maximum atomic E-state index is 13.1. The number of halogens is 1. The van der Waals surface area contributed by atoms with E-state index in [9.17, 15) is 9.18 Å². The summed E-state index contributed by atoms with van der Waals surface area (Å²) in [7, 11) is 0. The van der Waals surface area contributed by atoms with Crippen LogP contribution in [0.5, 0.6) is 0 Å². The molecular weight excluding hydrogens is 353 g/mol. The maximum Gasteiger partial charge on any atom is 0.309 e. The van der Waals surface area contributed by atoms with E-state index in [1.807, 2.05) is 24.3 Å². The van der Waals surface area contributed by atoms with Gasteiger partial charge in [0.1, 0.15) is 11.9 Å². The van der Waals surface area contributed by atoms with Crippen LogP contribution in [0.3, 0.4) is 0 Å². The monoisotopic (exact) mass is 381 g/mol. The largest absolute Gasteiger partial charge is 0.462 e. The van der Waals surface area contributed by atoms with Crippen molar-refractivity contribution in [1.29, 1.82) is 5.26 Å². The van der Waals surface area contributed by atoms with Gasteiger partial charge >= 0.3 is 5.97 Å². The van der Waals surface area contributed by atoms with Crippen molar-refractivity contribution in [3.8, 4) is 6.07 Å². The molecule has 28 heavy (non-hydrogen) atoms. The SMILES string of the molecule is N#CC=CC=CC1CCC(C(=O)OC2CCC(c3ccc(F)cc3)CC2)CC1. The van der Waals surface area contributed by atoms with E-state index in [0.717, 1.165) is 51.4 Å². The summed E-state index contributed by atoms with van der Waals surface area (Å²) in [5.41, 5.74) is 1.18. The Bertz CT molecular complexity index is 731. The van der Waals surface area contributed by atoms with Crippen molar-refractivity contribution < 1.29 is 13.9 Å². The predicted octanol–water partition coefficient (Wildman–Crippen LogP) is 5.84. The molecule has 0 radical (unpaired) electrons. The van der Waals surface area contributed by atoms with Gasteiger partial charge in [0.2, 0.25) is 0 Å². The third-order valence-corrected chi connectivity index (χ3v) is 6.07. The number of hydrogen-bond acceptors (Lipinski definition) is 3. The highest BCUT2D eigenvalue weighted by atomic mass is 19.1. The molecule has 1 aromatic carbocycles. The zero-order chi connectivity index (χ0) is 19.8. The number of benzene rings is 1. The van der Waals surface area contributed by atoms with Crippen LogP contribution in [-0.4, -0.2) is 12.1 Å². The number of esters is 1. The zero-order valence-electron chi connectivity index (χ0n) is 16.2. The van der Waals surface area contributed by atoms with E-state index in [0.29, 0.717) is 11.8 Å². The molecular formula is C24H28FNO2. The van der Waals surface area contributed by atoms with Crippen LogP contribution in [0.1, 0.15) is 62.8 Å². The fourth-order valence-corrected chi connectivity index (χ4v) is 4.38. The van der Waals surface area contributed by atoms with Gasteiger partial charge in [0.05, 0.1) is 12.0 Å². The number of hydrogen-bond donors (Lipinski definition) is 0. The van der Waals surface area contributed by atoms with Crippen LogP contribution in [0.2, 0.25) is 0 Å². The lowest BCUT2D eigenvalue weighted by Gasteiger charge is -2.31.